The van der Waals surface area contributed by atoms with Gasteiger partial charge < -0.3 is 24.4 Å². The van der Waals surface area contributed by atoms with Crippen LogP contribution in [0.4, 0.5) is 0 Å². The molecule has 0 amide bonds. The number of methoxy groups -OCH3 is 2. The Kier molecular flexibility index (Phi) is 6.78. The molecule has 0 radical (unpaired) electrons. The topological polar surface area (TPSA) is 71.4 Å². The van der Waals surface area contributed by atoms with Crippen molar-refractivity contribution in [2.45, 2.75) is 94.5 Å². The Morgan fingerprint density at radius 1 is 1.10 bits per heavy atom. The number of hydrogen-bond acceptors (Lipinski definition) is 6. The number of hydrogen-bond donors (Lipinski definition) is 2. The summed E-state index contributed by atoms with van der Waals surface area (Å²) in [5, 5.41) is 23.8. The van der Waals surface area contributed by atoms with Crippen LogP contribution >= 0.6 is 0 Å². The highest BCUT2D eigenvalue weighted by Gasteiger charge is 2.78. The maximum absolute atomic E-state index is 13.0. The minimum atomic E-state index is -1.24. The molecule has 2 aromatic carbocycles. The number of rotatable bonds is 8. The number of likely N-dealkylation sites (tertiary alicyclic amines) is 1. The molecule has 4 saturated carbocycles. The molecule has 2 aromatic rings. The van der Waals surface area contributed by atoms with Crippen LogP contribution in [0.5, 0.6) is 11.5 Å². The molecule has 2 N–H and O–H groups in total. The average molecular weight is 576 g/mol. The lowest BCUT2D eigenvalue weighted by Gasteiger charge is -2.77. The van der Waals surface area contributed by atoms with E-state index >= 15 is 0 Å². The average Bonchev–Trinajstić information content (AvgIpc) is 3.82. The zero-order valence-electron chi connectivity index (χ0n) is 26.1. The highest BCUT2D eigenvalue weighted by Crippen LogP contribution is 2.76. The minimum absolute atomic E-state index is 0.0653. The van der Waals surface area contributed by atoms with E-state index in [1.54, 1.807) is 14.0 Å². The van der Waals surface area contributed by atoms with Gasteiger partial charge in [-0.25, -0.2) is 0 Å². The number of nitrogens with zero attached hydrogens (tertiary/aromatic N) is 1. The summed E-state index contributed by atoms with van der Waals surface area (Å²) in [6.45, 7) is 9.28. The Hall–Kier alpha value is -2.12. The predicted molar refractivity (Wildman–Crippen MR) is 163 cm³/mol. The lowest BCUT2D eigenvalue weighted by atomic mass is 9.32. The molecule has 8 atom stereocenters. The van der Waals surface area contributed by atoms with E-state index < -0.39 is 17.3 Å². The number of piperidine rings is 1. The van der Waals surface area contributed by atoms with Gasteiger partial charge in [0.25, 0.3) is 0 Å². The van der Waals surface area contributed by atoms with Gasteiger partial charge in [-0.2, -0.15) is 0 Å². The van der Waals surface area contributed by atoms with Gasteiger partial charge >= 0.3 is 0 Å². The summed E-state index contributed by atoms with van der Waals surface area (Å²) < 4.78 is 19.5. The van der Waals surface area contributed by atoms with Crippen molar-refractivity contribution < 1.29 is 24.4 Å². The number of benzene rings is 2. The molecule has 6 aliphatic rings. The number of aliphatic hydroxyl groups excluding tert-OH is 1. The smallest absolute Gasteiger partial charge is 0.165 e. The van der Waals surface area contributed by atoms with Gasteiger partial charge in [-0.1, -0.05) is 36.4 Å². The van der Waals surface area contributed by atoms with Crippen LogP contribution in [0.25, 0.3) is 0 Å². The second kappa shape index (κ2) is 9.95. The zero-order chi connectivity index (χ0) is 29.5. The normalized spacial score (nSPS) is 37.5. The molecule has 2 aliphatic heterocycles. The summed E-state index contributed by atoms with van der Waals surface area (Å²) in [6.07, 6.45) is 6.11. The van der Waals surface area contributed by atoms with Crippen molar-refractivity contribution in [3.8, 4) is 11.5 Å². The van der Waals surface area contributed by atoms with Crippen LogP contribution < -0.4 is 9.47 Å². The molecule has 5 fully saturated rings. The molecule has 0 aromatic heterocycles. The van der Waals surface area contributed by atoms with Crippen molar-refractivity contribution >= 4 is 0 Å². The van der Waals surface area contributed by atoms with Crippen LogP contribution in [0.3, 0.4) is 0 Å². The number of ether oxygens (including phenoxy) is 3. The molecule has 4 aliphatic carbocycles. The van der Waals surface area contributed by atoms with E-state index in [9.17, 15) is 10.2 Å². The largest absolute Gasteiger partial charge is 0.493 e. The Labute approximate surface area is 251 Å². The minimum Gasteiger partial charge on any atom is -0.493 e. The summed E-state index contributed by atoms with van der Waals surface area (Å²) in [7, 11) is 3.59. The number of fused-ring (bicyclic) bond motifs is 3. The first kappa shape index (κ1) is 28.6. The quantitative estimate of drug-likeness (QED) is 0.427. The fraction of sp³-hybridized carbons (Fsp3) is 0.667. The van der Waals surface area contributed by atoms with Gasteiger partial charge in [0.2, 0.25) is 0 Å². The molecular weight excluding hydrogens is 526 g/mol. The summed E-state index contributed by atoms with van der Waals surface area (Å²) in [5.41, 5.74) is 1.35. The Morgan fingerprint density at radius 3 is 2.52 bits per heavy atom. The van der Waals surface area contributed by atoms with Crippen molar-refractivity contribution in [3.05, 3.63) is 59.2 Å². The van der Waals surface area contributed by atoms with Gasteiger partial charge in [0.15, 0.2) is 11.5 Å². The van der Waals surface area contributed by atoms with Crippen molar-refractivity contribution in [2.24, 2.45) is 23.2 Å². The Morgan fingerprint density at radius 2 is 1.86 bits per heavy atom. The number of aryl methyl sites for hydroxylation is 1. The Balaban J connectivity index is 1.47. The van der Waals surface area contributed by atoms with Crippen LogP contribution in [-0.4, -0.2) is 66.8 Å². The predicted octanol–water partition coefficient (Wildman–Crippen LogP) is 5.60. The van der Waals surface area contributed by atoms with Gasteiger partial charge in [-0.05, 0) is 94.4 Å². The summed E-state index contributed by atoms with van der Waals surface area (Å²) in [6, 6.07) is 14.7. The summed E-state index contributed by atoms with van der Waals surface area (Å²) >= 11 is 0. The van der Waals surface area contributed by atoms with E-state index in [4.69, 9.17) is 14.2 Å². The van der Waals surface area contributed by atoms with Gasteiger partial charge in [-0.3, -0.25) is 4.90 Å². The van der Waals surface area contributed by atoms with Gasteiger partial charge in [0.05, 0.1) is 31.0 Å². The molecule has 42 heavy (non-hydrogen) atoms. The van der Waals surface area contributed by atoms with Crippen LogP contribution in [0.2, 0.25) is 0 Å². The Bertz CT molecular complexity index is 1330. The van der Waals surface area contributed by atoms with E-state index in [1.165, 1.54) is 30.5 Å². The molecule has 6 heteroatoms. The van der Waals surface area contributed by atoms with Gasteiger partial charge in [0, 0.05) is 48.9 Å². The third-order valence-corrected chi connectivity index (χ3v) is 12.8. The lowest BCUT2D eigenvalue weighted by molar-refractivity contribution is -0.310. The van der Waals surface area contributed by atoms with Crippen molar-refractivity contribution in [1.29, 1.82) is 0 Å². The zero-order valence-corrected chi connectivity index (χ0v) is 26.1. The highest BCUT2D eigenvalue weighted by molar-refractivity contribution is 5.59. The molecule has 228 valence electrons. The molecule has 8 rings (SSSR count). The van der Waals surface area contributed by atoms with E-state index in [0.29, 0.717) is 12.6 Å². The maximum Gasteiger partial charge on any atom is 0.165 e. The van der Waals surface area contributed by atoms with Crippen LogP contribution in [0.1, 0.15) is 75.5 Å². The van der Waals surface area contributed by atoms with E-state index in [-0.39, 0.29) is 29.1 Å². The molecule has 2 unspecified atom stereocenters. The molecule has 1 saturated heterocycles. The second-order valence-corrected chi connectivity index (χ2v) is 14.4. The van der Waals surface area contributed by atoms with Crippen LogP contribution in [-0.2, 0) is 15.8 Å². The van der Waals surface area contributed by atoms with Gasteiger partial charge in [-0.15, -0.1) is 0 Å². The lowest BCUT2D eigenvalue weighted by Crippen LogP contribution is -2.80. The van der Waals surface area contributed by atoms with Gasteiger partial charge in [0.1, 0.15) is 0 Å². The van der Waals surface area contributed by atoms with Crippen LogP contribution in [0.15, 0.2) is 42.5 Å². The molecular formula is C36H49NO5. The van der Waals surface area contributed by atoms with Crippen molar-refractivity contribution in [3.63, 3.8) is 0 Å². The molecule has 2 spiro atoms. The first-order valence-electron chi connectivity index (χ1n) is 16.2. The first-order chi connectivity index (χ1) is 20.2. The third-order valence-electron chi connectivity index (χ3n) is 12.8. The fourth-order valence-corrected chi connectivity index (χ4v) is 10.9. The number of aliphatic hydroxyl groups is 2. The standard InChI is InChI=1S/C36H49NO5/c1-23-11-14-28(40-4)32-31(23)34-17-18-37(21-26-12-13-26)25(3)33(34)15-16-36(41-5,30(34)22-42-32)29(20-33)35(39,19-24(2)38)27-9-7-6-8-10-27/h6-11,14,24-26,29-30,38-39H,12-13,15-22H2,1-5H3/t24?,25?,29-,30-,33-,34-,35+,36-/m1/s1. The van der Waals surface area contributed by atoms with E-state index in [1.807, 2.05) is 37.4 Å². The third kappa shape index (κ3) is 3.71. The summed E-state index contributed by atoms with van der Waals surface area (Å²) in [4.78, 5) is 2.78. The first-order valence-corrected chi connectivity index (χ1v) is 16.2. The fourth-order valence-electron chi connectivity index (χ4n) is 10.9. The van der Waals surface area contributed by atoms with E-state index in [2.05, 4.69) is 30.9 Å². The molecule has 6 nitrogen and oxygen atoms in total. The SMILES string of the molecule is COc1ccc(C)c2c1OC[C@H]1[C@@]3(OC)CC[C@@]4(C[C@@H]3[C@](O)(CC(C)O)c3ccccc3)C(C)N(CC3CC3)CC[C@]214. The van der Waals surface area contributed by atoms with Crippen molar-refractivity contribution in [2.75, 3.05) is 33.9 Å². The summed E-state index contributed by atoms with van der Waals surface area (Å²) in [5.74, 6) is 2.41. The monoisotopic (exact) mass is 575 g/mol. The van der Waals surface area contributed by atoms with E-state index in [0.717, 1.165) is 55.2 Å². The molecule has 2 heterocycles. The maximum atomic E-state index is 13.0. The highest BCUT2D eigenvalue weighted by atomic mass is 16.5. The van der Waals surface area contributed by atoms with Crippen LogP contribution in [0, 0.1) is 30.1 Å². The molecule has 2 bridgehead atoms. The van der Waals surface area contributed by atoms with Crippen molar-refractivity contribution in [1.82, 2.24) is 4.90 Å². The second-order valence-electron chi connectivity index (χ2n) is 14.4.